The Morgan fingerprint density at radius 1 is 1.53 bits per heavy atom. The van der Waals surface area contributed by atoms with Gasteiger partial charge in [0, 0.05) is 22.6 Å². The van der Waals surface area contributed by atoms with Gasteiger partial charge in [0.15, 0.2) is 0 Å². The van der Waals surface area contributed by atoms with Crippen LogP contribution in [0.15, 0.2) is 18.6 Å². The number of rotatable bonds is 2. The first-order valence-corrected chi connectivity index (χ1v) is 6.65. The largest absolute Gasteiger partial charge is 0.287 e. The molecule has 0 aromatic carbocycles. The van der Waals surface area contributed by atoms with E-state index in [0.29, 0.717) is 11.3 Å². The van der Waals surface area contributed by atoms with Crippen LogP contribution in [0.3, 0.4) is 0 Å². The van der Waals surface area contributed by atoms with Crippen LogP contribution in [0.2, 0.25) is 0 Å². The first-order chi connectivity index (χ1) is 6.97. The van der Waals surface area contributed by atoms with E-state index < -0.39 is 9.05 Å². The predicted molar refractivity (Wildman–Crippen MR) is 56.2 cm³/mol. The molecule has 2 rings (SSSR count). The second-order valence-corrected chi connectivity index (χ2v) is 5.91. The Hall–Kier alpha value is -1.14. The lowest BCUT2D eigenvalue weighted by atomic mass is 10.4. The van der Waals surface area contributed by atoms with Gasteiger partial charge in [0.25, 0.3) is 0 Å². The number of aromatic nitrogens is 3. The third kappa shape index (κ3) is 2.10. The van der Waals surface area contributed by atoms with Crippen molar-refractivity contribution >= 4 is 25.4 Å². The lowest BCUT2D eigenvalue weighted by Crippen LogP contribution is -1.97. The van der Waals surface area contributed by atoms with Gasteiger partial charge in [0.1, 0.15) is 17.7 Å². The number of hydrogen-bond acceptors (Lipinski definition) is 4. The summed E-state index contributed by atoms with van der Waals surface area (Å²) in [6.07, 6.45) is 3.18. The first kappa shape index (κ1) is 10.4. The van der Waals surface area contributed by atoms with E-state index >= 15 is 0 Å². The van der Waals surface area contributed by atoms with Gasteiger partial charge < -0.3 is 0 Å². The molecule has 15 heavy (non-hydrogen) atoms. The molecule has 0 atom stereocenters. The molecular weight excluding hydrogens is 238 g/mol. The Bertz CT molecular complexity index is 605. The number of nitrogens with zero attached hydrogens (tertiary/aromatic N) is 3. The minimum atomic E-state index is -3.57. The Balaban J connectivity index is 2.58. The fourth-order valence-electron chi connectivity index (χ4n) is 1.36. The summed E-state index contributed by atoms with van der Waals surface area (Å²) in [4.78, 5) is 8.08. The number of hydrogen-bond donors (Lipinski definition) is 0. The average molecular weight is 246 g/mol. The Morgan fingerprint density at radius 2 is 2.27 bits per heavy atom. The summed E-state index contributed by atoms with van der Waals surface area (Å²) in [6, 6.07) is 1.71. The maximum atomic E-state index is 10.9. The molecule has 0 bridgehead atoms. The van der Waals surface area contributed by atoms with Gasteiger partial charge in [0.2, 0.25) is 9.05 Å². The zero-order valence-electron chi connectivity index (χ0n) is 7.88. The molecule has 2 aromatic rings. The van der Waals surface area contributed by atoms with Crippen LogP contribution in [0.4, 0.5) is 0 Å². The highest BCUT2D eigenvalue weighted by molar-refractivity contribution is 8.13. The highest BCUT2D eigenvalue weighted by Crippen LogP contribution is 2.15. The number of halogens is 1. The lowest BCUT2D eigenvalue weighted by Gasteiger charge is -1.95. The van der Waals surface area contributed by atoms with Crippen molar-refractivity contribution < 1.29 is 8.42 Å². The van der Waals surface area contributed by atoms with E-state index in [1.807, 2.05) is 0 Å². The molecule has 0 aliphatic heterocycles. The van der Waals surface area contributed by atoms with E-state index in [1.165, 1.54) is 0 Å². The Kier molecular flexibility index (Phi) is 2.40. The molecule has 7 heteroatoms. The van der Waals surface area contributed by atoms with Crippen molar-refractivity contribution in [2.75, 3.05) is 0 Å². The summed E-state index contributed by atoms with van der Waals surface area (Å²) in [5.41, 5.74) is 1.86. The predicted octanol–water partition coefficient (Wildman–Crippen LogP) is 1.11. The highest BCUT2D eigenvalue weighted by Gasteiger charge is 2.14. The molecule has 0 aliphatic carbocycles. The molecule has 0 N–H and O–H groups in total. The van der Waals surface area contributed by atoms with Crippen LogP contribution in [0, 0.1) is 6.92 Å². The minimum Gasteiger partial charge on any atom is -0.287 e. The van der Waals surface area contributed by atoms with E-state index in [0.717, 1.165) is 5.69 Å². The van der Waals surface area contributed by atoms with Gasteiger partial charge in [-0.15, -0.1) is 0 Å². The topological polar surface area (TPSA) is 64.3 Å². The summed E-state index contributed by atoms with van der Waals surface area (Å²) in [6.45, 7) is 1.78. The summed E-state index contributed by atoms with van der Waals surface area (Å²) < 4.78 is 23.6. The van der Waals surface area contributed by atoms with E-state index in [-0.39, 0.29) is 5.75 Å². The van der Waals surface area contributed by atoms with Crippen LogP contribution in [-0.4, -0.2) is 22.8 Å². The van der Waals surface area contributed by atoms with Crippen molar-refractivity contribution in [3.8, 4) is 0 Å². The van der Waals surface area contributed by atoms with Gasteiger partial charge in [0.05, 0.1) is 5.69 Å². The van der Waals surface area contributed by atoms with Crippen molar-refractivity contribution in [1.29, 1.82) is 0 Å². The maximum absolute atomic E-state index is 10.9. The van der Waals surface area contributed by atoms with Crippen molar-refractivity contribution in [3.05, 3.63) is 30.0 Å². The summed E-state index contributed by atoms with van der Waals surface area (Å²) in [7, 11) is 1.60. The molecule has 5 nitrogen and oxygen atoms in total. The number of fused-ring (bicyclic) bond motifs is 1. The maximum Gasteiger partial charge on any atom is 0.238 e. The minimum absolute atomic E-state index is 0.262. The molecule has 0 saturated heterocycles. The van der Waals surface area contributed by atoms with E-state index in [9.17, 15) is 8.42 Å². The van der Waals surface area contributed by atoms with Gasteiger partial charge in [-0.3, -0.25) is 4.40 Å². The van der Waals surface area contributed by atoms with Crippen LogP contribution >= 0.6 is 10.7 Å². The molecule has 0 saturated carbocycles. The van der Waals surface area contributed by atoms with Gasteiger partial charge in [-0.2, -0.15) is 0 Å². The Labute approximate surface area is 91.2 Å². The second-order valence-electron chi connectivity index (χ2n) is 3.14. The molecule has 0 fully saturated rings. The molecule has 0 radical (unpaired) electrons. The monoisotopic (exact) mass is 245 g/mol. The third-order valence-corrected chi connectivity index (χ3v) is 3.02. The van der Waals surface area contributed by atoms with Crippen molar-refractivity contribution in [2.24, 2.45) is 0 Å². The van der Waals surface area contributed by atoms with Crippen LogP contribution in [0.1, 0.15) is 11.4 Å². The zero-order valence-corrected chi connectivity index (χ0v) is 9.46. The second kappa shape index (κ2) is 3.46. The summed E-state index contributed by atoms with van der Waals surface area (Å²) in [5.74, 6) is -0.262. The van der Waals surface area contributed by atoms with Crippen LogP contribution in [0.25, 0.3) is 5.65 Å². The summed E-state index contributed by atoms with van der Waals surface area (Å²) in [5, 5.41) is 0. The van der Waals surface area contributed by atoms with Crippen molar-refractivity contribution in [1.82, 2.24) is 14.4 Å². The van der Waals surface area contributed by atoms with Crippen LogP contribution in [-0.2, 0) is 14.8 Å². The van der Waals surface area contributed by atoms with E-state index in [2.05, 4.69) is 9.97 Å². The average Bonchev–Trinajstić information content (AvgIpc) is 2.42. The normalized spacial score (nSPS) is 12.1. The number of aryl methyl sites for hydroxylation is 1. The lowest BCUT2D eigenvalue weighted by molar-refractivity contribution is 0.608. The molecule has 2 heterocycles. The van der Waals surface area contributed by atoms with E-state index in [1.54, 1.807) is 29.9 Å². The molecule has 0 amide bonds. The van der Waals surface area contributed by atoms with Crippen LogP contribution < -0.4 is 0 Å². The van der Waals surface area contributed by atoms with Gasteiger partial charge in [-0.25, -0.2) is 18.4 Å². The molecule has 0 aliphatic rings. The zero-order chi connectivity index (χ0) is 11.1. The first-order valence-electron chi connectivity index (χ1n) is 4.17. The standard InChI is InChI=1S/C8H8ClN3O2S/c1-6-7(4-15(9,13)14)11-8-2-3-10-5-12(6)8/h2-3,5H,4H2,1H3. The van der Waals surface area contributed by atoms with Crippen molar-refractivity contribution in [3.63, 3.8) is 0 Å². The molecule has 80 valence electrons. The van der Waals surface area contributed by atoms with Gasteiger partial charge in [-0.1, -0.05) is 0 Å². The molecular formula is C8H8ClN3O2S. The number of imidazole rings is 1. The quantitative estimate of drug-likeness (QED) is 0.744. The van der Waals surface area contributed by atoms with Crippen molar-refractivity contribution in [2.45, 2.75) is 12.7 Å². The Morgan fingerprint density at radius 3 is 2.87 bits per heavy atom. The highest BCUT2D eigenvalue weighted by atomic mass is 35.7. The molecule has 2 aromatic heterocycles. The van der Waals surface area contributed by atoms with Crippen LogP contribution in [0.5, 0.6) is 0 Å². The summed E-state index contributed by atoms with van der Waals surface area (Å²) >= 11 is 0. The SMILES string of the molecule is Cc1c(CS(=O)(=O)Cl)nc2ccncn12. The van der Waals surface area contributed by atoms with E-state index in [4.69, 9.17) is 10.7 Å². The van der Waals surface area contributed by atoms with Gasteiger partial charge in [-0.05, 0) is 13.0 Å². The fourth-order valence-corrected chi connectivity index (χ4v) is 2.27. The smallest absolute Gasteiger partial charge is 0.238 e. The van der Waals surface area contributed by atoms with Gasteiger partial charge >= 0.3 is 0 Å². The third-order valence-electron chi connectivity index (χ3n) is 2.08. The molecule has 0 spiro atoms. The fraction of sp³-hybridized carbons (Fsp3) is 0.250. The molecule has 0 unspecified atom stereocenters.